The van der Waals surface area contributed by atoms with Gasteiger partial charge in [-0.1, -0.05) is 0 Å². The van der Waals surface area contributed by atoms with Crippen molar-refractivity contribution in [3.05, 3.63) is 29.2 Å². The van der Waals surface area contributed by atoms with Gasteiger partial charge in [0, 0.05) is 24.9 Å². The summed E-state index contributed by atoms with van der Waals surface area (Å²) < 4.78 is 2.16. The van der Waals surface area contributed by atoms with Gasteiger partial charge in [-0.05, 0) is 12.2 Å². The van der Waals surface area contributed by atoms with Crippen LogP contribution in [0.15, 0.2) is 18.7 Å². The van der Waals surface area contributed by atoms with Crippen LogP contribution in [0.1, 0.15) is 5.69 Å². The maximum absolute atomic E-state index is 9.40. The van der Waals surface area contributed by atoms with E-state index in [4.69, 9.17) is 12.2 Å². The van der Waals surface area contributed by atoms with Gasteiger partial charge in [0.1, 0.15) is 0 Å². The lowest BCUT2D eigenvalue weighted by atomic mass is 10.3. The van der Waals surface area contributed by atoms with Crippen LogP contribution in [0.25, 0.3) is 0 Å². The molecular formula is C8H10N4OS. The lowest BCUT2D eigenvalue weighted by Gasteiger charge is -2.01. The average molecular weight is 210 g/mol. The van der Waals surface area contributed by atoms with Gasteiger partial charge in [-0.15, -0.1) is 0 Å². The summed E-state index contributed by atoms with van der Waals surface area (Å²) in [5.41, 5.74) is 1.02. The minimum Gasteiger partial charge on any atom is -0.493 e. The summed E-state index contributed by atoms with van der Waals surface area (Å²) in [6, 6.07) is 0. The molecule has 0 aliphatic heterocycles. The molecule has 5 nitrogen and oxygen atoms in total. The van der Waals surface area contributed by atoms with Crippen molar-refractivity contribution in [3.8, 4) is 5.88 Å². The Bertz CT molecular complexity index is 456. The fraction of sp³-hybridized carbons (Fsp3) is 0.250. The summed E-state index contributed by atoms with van der Waals surface area (Å²) in [6.45, 7) is 0.635. The molecule has 2 rings (SSSR count). The normalized spacial score (nSPS) is 10.6. The van der Waals surface area contributed by atoms with E-state index in [-0.39, 0.29) is 5.88 Å². The second-order valence-electron chi connectivity index (χ2n) is 2.93. The minimum atomic E-state index is 0.162. The predicted octanol–water partition coefficient (Wildman–Crippen LogP) is 1.22. The molecule has 0 spiro atoms. The van der Waals surface area contributed by atoms with E-state index in [1.54, 1.807) is 17.1 Å². The Kier molecular flexibility index (Phi) is 2.36. The summed E-state index contributed by atoms with van der Waals surface area (Å²) in [5.74, 6) is 0.162. The monoisotopic (exact) mass is 210 g/mol. The zero-order valence-electron chi connectivity index (χ0n) is 7.40. The van der Waals surface area contributed by atoms with Crippen molar-refractivity contribution in [3.63, 3.8) is 0 Å². The SMILES string of the molecule is Oc1c[nH]c(=S)n1CCc1cnc[nH]1. The molecule has 6 heteroatoms. The van der Waals surface area contributed by atoms with Crippen molar-refractivity contribution in [1.29, 1.82) is 0 Å². The highest BCUT2D eigenvalue weighted by atomic mass is 32.1. The van der Waals surface area contributed by atoms with Gasteiger partial charge in [0.2, 0.25) is 5.88 Å². The van der Waals surface area contributed by atoms with Crippen LogP contribution in [0, 0.1) is 4.77 Å². The van der Waals surface area contributed by atoms with Crippen molar-refractivity contribution in [2.24, 2.45) is 0 Å². The Morgan fingerprint density at radius 2 is 2.36 bits per heavy atom. The predicted molar refractivity (Wildman–Crippen MR) is 53.6 cm³/mol. The quantitative estimate of drug-likeness (QED) is 0.667. The van der Waals surface area contributed by atoms with E-state index in [9.17, 15) is 5.11 Å². The van der Waals surface area contributed by atoms with Crippen LogP contribution in [-0.4, -0.2) is 24.6 Å². The highest BCUT2D eigenvalue weighted by molar-refractivity contribution is 7.71. The van der Waals surface area contributed by atoms with E-state index in [1.807, 2.05) is 0 Å². The zero-order valence-corrected chi connectivity index (χ0v) is 8.21. The molecule has 2 aromatic heterocycles. The Morgan fingerprint density at radius 3 is 2.93 bits per heavy atom. The standard InChI is InChI=1S/C8H10N4OS/c13-7-4-10-8(14)12(7)2-1-6-3-9-5-11-6/h3-5,13H,1-2H2,(H,9,11)(H,10,14). The minimum absolute atomic E-state index is 0.162. The van der Waals surface area contributed by atoms with Crippen LogP contribution in [-0.2, 0) is 13.0 Å². The van der Waals surface area contributed by atoms with Gasteiger partial charge >= 0.3 is 0 Å². The molecule has 0 fully saturated rings. The van der Waals surface area contributed by atoms with Gasteiger partial charge in [-0.2, -0.15) is 0 Å². The number of hydrogen-bond donors (Lipinski definition) is 3. The van der Waals surface area contributed by atoms with E-state index in [0.29, 0.717) is 11.3 Å². The highest BCUT2D eigenvalue weighted by Crippen LogP contribution is 2.09. The lowest BCUT2D eigenvalue weighted by molar-refractivity contribution is 0.415. The zero-order chi connectivity index (χ0) is 9.97. The van der Waals surface area contributed by atoms with Crippen molar-refractivity contribution in [2.75, 3.05) is 0 Å². The van der Waals surface area contributed by atoms with Crippen LogP contribution < -0.4 is 0 Å². The molecule has 0 atom stereocenters. The van der Waals surface area contributed by atoms with Gasteiger partial charge in [0.15, 0.2) is 4.77 Å². The summed E-state index contributed by atoms with van der Waals surface area (Å²) in [4.78, 5) is 9.66. The molecule has 3 N–H and O–H groups in total. The maximum atomic E-state index is 9.40. The summed E-state index contributed by atoms with van der Waals surface area (Å²) in [5, 5.41) is 9.40. The number of aromatic amines is 2. The number of nitrogens with one attached hydrogen (secondary N) is 2. The number of hydrogen-bond acceptors (Lipinski definition) is 3. The molecule has 0 aliphatic carbocycles. The van der Waals surface area contributed by atoms with Gasteiger partial charge < -0.3 is 15.1 Å². The number of rotatable bonds is 3. The third-order valence-corrected chi connectivity index (χ3v) is 2.34. The molecule has 0 radical (unpaired) electrons. The molecule has 14 heavy (non-hydrogen) atoms. The van der Waals surface area contributed by atoms with Crippen molar-refractivity contribution in [1.82, 2.24) is 19.5 Å². The molecule has 0 unspecified atom stereocenters. The fourth-order valence-electron chi connectivity index (χ4n) is 1.26. The Balaban J connectivity index is 2.09. The van der Waals surface area contributed by atoms with Gasteiger partial charge in [0.25, 0.3) is 0 Å². The molecular weight excluding hydrogens is 200 g/mol. The topological polar surface area (TPSA) is 69.6 Å². The van der Waals surface area contributed by atoms with Crippen molar-refractivity contribution >= 4 is 12.2 Å². The van der Waals surface area contributed by atoms with Gasteiger partial charge in [-0.3, -0.25) is 4.57 Å². The summed E-state index contributed by atoms with van der Waals surface area (Å²) in [6.07, 6.45) is 5.63. The lowest BCUT2D eigenvalue weighted by Crippen LogP contribution is -2.01. The Morgan fingerprint density at radius 1 is 1.50 bits per heavy atom. The highest BCUT2D eigenvalue weighted by Gasteiger charge is 2.02. The number of aromatic hydroxyl groups is 1. The third kappa shape index (κ3) is 1.69. The molecule has 0 aliphatic rings. The molecule has 0 saturated carbocycles. The van der Waals surface area contributed by atoms with E-state index in [1.165, 1.54) is 6.20 Å². The van der Waals surface area contributed by atoms with Crippen LogP contribution >= 0.6 is 12.2 Å². The van der Waals surface area contributed by atoms with Gasteiger partial charge in [-0.25, -0.2) is 4.98 Å². The van der Waals surface area contributed by atoms with Crippen LogP contribution in [0.2, 0.25) is 0 Å². The largest absolute Gasteiger partial charge is 0.493 e. The Hall–Kier alpha value is -1.56. The van der Waals surface area contributed by atoms with Crippen LogP contribution in [0.5, 0.6) is 5.88 Å². The molecule has 2 aromatic rings. The average Bonchev–Trinajstić information content (AvgIpc) is 2.76. The first-order valence-corrected chi connectivity index (χ1v) is 4.62. The fourth-order valence-corrected chi connectivity index (χ4v) is 1.50. The number of H-pyrrole nitrogens is 2. The van der Waals surface area contributed by atoms with E-state index < -0.39 is 0 Å². The number of aromatic nitrogens is 4. The first kappa shape index (κ1) is 9.01. The molecule has 0 aromatic carbocycles. The number of aryl methyl sites for hydroxylation is 1. The van der Waals surface area contributed by atoms with Gasteiger partial charge in [0.05, 0.1) is 12.5 Å². The number of nitrogens with zero attached hydrogens (tertiary/aromatic N) is 2. The molecule has 0 amide bonds. The molecule has 0 saturated heterocycles. The molecule has 0 bridgehead atoms. The molecule has 2 heterocycles. The van der Waals surface area contributed by atoms with Crippen molar-refractivity contribution in [2.45, 2.75) is 13.0 Å². The van der Waals surface area contributed by atoms with E-state index in [0.717, 1.165) is 12.1 Å². The van der Waals surface area contributed by atoms with Crippen molar-refractivity contribution < 1.29 is 5.11 Å². The second-order valence-corrected chi connectivity index (χ2v) is 3.32. The third-order valence-electron chi connectivity index (χ3n) is 2.01. The number of imidazole rings is 2. The maximum Gasteiger partial charge on any atom is 0.209 e. The summed E-state index contributed by atoms with van der Waals surface area (Å²) in [7, 11) is 0. The summed E-state index contributed by atoms with van der Waals surface area (Å²) >= 11 is 4.99. The van der Waals surface area contributed by atoms with E-state index in [2.05, 4.69) is 15.0 Å². The Labute approximate surface area is 85.4 Å². The van der Waals surface area contributed by atoms with Crippen LogP contribution in [0.4, 0.5) is 0 Å². The van der Waals surface area contributed by atoms with E-state index >= 15 is 0 Å². The van der Waals surface area contributed by atoms with Crippen LogP contribution in [0.3, 0.4) is 0 Å². The first-order valence-electron chi connectivity index (χ1n) is 4.22. The molecule has 74 valence electrons. The second kappa shape index (κ2) is 3.67. The first-order chi connectivity index (χ1) is 6.77. The smallest absolute Gasteiger partial charge is 0.209 e.